The molecule has 1 fully saturated rings. The normalized spacial score (nSPS) is 23.8. The highest BCUT2D eigenvalue weighted by molar-refractivity contribution is 9.10. The van der Waals surface area contributed by atoms with Crippen molar-refractivity contribution in [1.82, 2.24) is 9.88 Å². The van der Waals surface area contributed by atoms with Crippen LogP contribution in [0.4, 0.5) is 0 Å². The van der Waals surface area contributed by atoms with Gasteiger partial charge in [0.1, 0.15) is 0 Å². The highest BCUT2D eigenvalue weighted by Crippen LogP contribution is 2.42. The molecule has 0 radical (unpaired) electrons. The zero-order chi connectivity index (χ0) is 16.3. The maximum Gasteiger partial charge on any atom is 0.0853 e. The molecule has 0 spiro atoms. The summed E-state index contributed by atoms with van der Waals surface area (Å²) in [4.78, 5) is 6.62. The Labute approximate surface area is 146 Å². The van der Waals surface area contributed by atoms with Crippen LogP contribution in [0.1, 0.15) is 30.4 Å². The van der Waals surface area contributed by atoms with Gasteiger partial charge in [-0.3, -0.25) is 9.88 Å². The van der Waals surface area contributed by atoms with Crippen molar-refractivity contribution in [2.75, 3.05) is 7.05 Å². The first kappa shape index (κ1) is 16.2. The van der Waals surface area contributed by atoms with Crippen molar-refractivity contribution in [3.63, 3.8) is 0 Å². The molecular formula is C19H20BrN3. The third-order valence-electron chi connectivity index (χ3n) is 4.86. The average molecular weight is 370 g/mol. The predicted octanol–water partition coefficient (Wildman–Crippen LogP) is 4.29. The van der Waals surface area contributed by atoms with Crippen LogP contribution in [0.15, 0.2) is 53.3 Å². The zero-order valence-corrected chi connectivity index (χ0v) is 14.8. The summed E-state index contributed by atoms with van der Waals surface area (Å²) >= 11 is 3.47. The van der Waals surface area contributed by atoms with E-state index in [9.17, 15) is 5.26 Å². The molecule has 3 nitrogen and oxygen atoms in total. The minimum Gasteiger partial charge on any atom is -0.299 e. The number of nitrogens with zero attached hydrogens (tertiary/aromatic N) is 3. The molecule has 0 amide bonds. The zero-order valence-electron chi connectivity index (χ0n) is 13.2. The lowest BCUT2D eigenvalue weighted by Gasteiger charge is -2.26. The number of hydrogen-bond acceptors (Lipinski definition) is 3. The molecule has 0 bridgehead atoms. The van der Waals surface area contributed by atoms with Crippen LogP contribution in [-0.2, 0) is 12.0 Å². The van der Waals surface area contributed by atoms with Gasteiger partial charge in [-0.05, 0) is 59.4 Å². The van der Waals surface area contributed by atoms with Gasteiger partial charge >= 0.3 is 0 Å². The Kier molecular flexibility index (Phi) is 4.79. The summed E-state index contributed by atoms with van der Waals surface area (Å²) in [5, 5.41) is 9.84. The van der Waals surface area contributed by atoms with Gasteiger partial charge in [0, 0.05) is 29.5 Å². The van der Waals surface area contributed by atoms with Crippen LogP contribution in [0.5, 0.6) is 0 Å². The summed E-state index contributed by atoms with van der Waals surface area (Å²) in [6.07, 6.45) is 6.41. The number of benzene rings is 1. The Hall–Kier alpha value is -1.70. The number of hydrogen-bond donors (Lipinski definition) is 0. The Bertz CT molecular complexity index is 710. The summed E-state index contributed by atoms with van der Waals surface area (Å²) in [6.45, 7) is 0.920. The molecule has 0 saturated heterocycles. The molecular weight excluding hydrogens is 350 g/mol. The lowest BCUT2D eigenvalue weighted by atomic mass is 9.81. The quantitative estimate of drug-likeness (QED) is 0.806. The first-order chi connectivity index (χ1) is 11.1. The van der Waals surface area contributed by atoms with Gasteiger partial charge in [0.05, 0.1) is 11.5 Å². The van der Waals surface area contributed by atoms with E-state index < -0.39 is 5.41 Å². The number of rotatable bonds is 4. The number of aromatic nitrogens is 1. The number of halogens is 1. The molecule has 1 aliphatic rings. The SMILES string of the molecule is CN(Cc1ccccc1)C1CCC(C#N)(c2cncc(Br)c2)C1. The molecule has 1 heterocycles. The van der Waals surface area contributed by atoms with Crippen LogP contribution in [-0.4, -0.2) is 23.0 Å². The molecule has 4 heteroatoms. The highest BCUT2D eigenvalue weighted by atomic mass is 79.9. The van der Waals surface area contributed by atoms with Gasteiger partial charge in [-0.15, -0.1) is 0 Å². The number of nitriles is 1. The second kappa shape index (κ2) is 6.82. The molecule has 1 aromatic carbocycles. The van der Waals surface area contributed by atoms with Crippen LogP contribution in [0.25, 0.3) is 0 Å². The second-order valence-corrected chi connectivity index (χ2v) is 7.30. The third-order valence-corrected chi connectivity index (χ3v) is 5.29. The van der Waals surface area contributed by atoms with E-state index in [1.165, 1.54) is 5.56 Å². The van der Waals surface area contributed by atoms with E-state index in [0.717, 1.165) is 35.8 Å². The molecule has 2 aromatic rings. The smallest absolute Gasteiger partial charge is 0.0853 e. The van der Waals surface area contributed by atoms with E-state index in [4.69, 9.17) is 0 Å². The molecule has 2 unspecified atom stereocenters. The summed E-state index contributed by atoms with van der Waals surface area (Å²) in [5.41, 5.74) is 1.94. The van der Waals surface area contributed by atoms with Gasteiger partial charge in [-0.2, -0.15) is 5.26 Å². The van der Waals surface area contributed by atoms with Crippen LogP contribution in [0.2, 0.25) is 0 Å². The number of pyridine rings is 1. The molecule has 0 N–H and O–H groups in total. The largest absolute Gasteiger partial charge is 0.299 e. The van der Waals surface area contributed by atoms with Crippen LogP contribution < -0.4 is 0 Å². The highest BCUT2D eigenvalue weighted by Gasteiger charge is 2.42. The summed E-state index contributed by atoms with van der Waals surface area (Å²) in [6, 6.07) is 15.5. The predicted molar refractivity (Wildman–Crippen MR) is 94.8 cm³/mol. The lowest BCUT2D eigenvalue weighted by molar-refractivity contribution is 0.232. The van der Waals surface area contributed by atoms with Gasteiger partial charge in [0.2, 0.25) is 0 Å². The van der Waals surface area contributed by atoms with E-state index in [0.29, 0.717) is 6.04 Å². The van der Waals surface area contributed by atoms with Gasteiger partial charge in [-0.25, -0.2) is 0 Å². The van der Waals surface area contributed by atoms with Gasteiger partial charge < -0.3 is 0 Å². The molecule has 1 saturated carbocycles. The van der Waals surface area contributed by atoms with Crippen molar-refractivity contribution in [3.8, 4) is 6.07 Å². The van der Waals surface area contributed by atoms with Crippen molar-refractivity contribution in [2.45, 2.75) is 37.3 Å². The van der Waals surface area contributed by atoms with Crippen molar-refractivity contribution < 1.29 is 0 Å². The Morgan fingerprint density at radius 2 is 2.13 bits per heavy atom. The van der Waals surface area contributed by atoms with Crippen molar-refractivity contribution >= 4 is 15.9 Å². The third kappa shape index (κ3) is 3.46. The topological polar surface area (TPSA) is 39.9 Å². The first-order valence-corrected chi connectivity index (χ1v) is 8.69. The molecule has 118 valence electrons. The molecule has 1 aliphatic carbocycles. The van der Waals surface area contributed by atoms with Gasteiger partial charge in [-0.1, -0.05) is 30.3 Å². The van der Waals surface area contributed by atoms with Crippen molar-refractivity contribution in [2.24, 2.45) is 0 Å². The standard InChI is InChI=1S/C19H20BrN3/c1-23(13-15-5-3-2-4-6-15)18-7-8-19(10-18,14-21)16-9-17(20)12-22-11-16/h2-6,9,11-12,18H,7-8,10,13H2,1H3. The fourth-order valence-corrected chi connectivity index (χ4v) is 3.86. The van der Waals surface area contributed by atoms with Crippen LogP contribution in [0.3, 0.4) is 0 Å². The molecule has 1 aromatic heterocycles. The van der Waals surface area contributed by atoms with Crippen molar-refractivity contribution in [1.29, 1.82) is 5.26 Å². The fraction of sp³-hybridized carbons (Fsp3) is 0.368. The maximum atomic E-state index is 9.84. The van der Waals surface area contributed by atoms with Gasteiger partial charge in [0.25, 0.3) is 0 Å². The molecule has 0 aliphatic heterocycles. The van der Waals surface area contributed by atoms with E-state index in [1.807, 2.05) is 18.3 Å². The summed E-state index contributed by atoms with van der Waals surface area (Å²) in [7, 11) is 2.16. The van der Waals surface area contributed by atoms with Crippen LogP contribution in [0, 0.1) is 11.3 Å². The second-order valence-electron chi connectivity index (χ2n) is 6.38. The lowest BCUT2D eigenvalue weighted by Crippen LogP contribution is -2.31. The summed E-state index contributed by atoms with van der Waals surface area (Å²) in [5.74, 6) is 0. The maximum absolute atomic E-state index is 9.84. The first-order valence-electron chi connectivity index (χ1n) is 7.89. The Morgan fingerprint density at radius 3 is 2.83 bits per heavy atom. The van der Waals surface area contributed by atoms with E-state index in [2.05, 4.69) is 63.2 Å². The fourth-order valence-electron chi connectivity index (χ4n) is 3.50. The minimum absolute atomic E-state index is 0.410. The minimum atomic E-state index is -0.410. The average Bonchev–Trinajstić information content (AvgIpc) is 3.02. The van der Waals surface area contributed by atoms with Crippen LogP contribution >= 0.6 is 15.9 Å². The Balaban J connectivity index is 1.75. The molecule has 2 atom stereocenters. The van der Waals surface area contributed by atoms with E-state index >= 15 is 0 Å². The Morgan fingerprint density at radius 1 is 1.35 bits per heavy atom. The van der Waals surface area contributed by atoms with E-state index in [1.54, 1.807) is 6.20 Å². The molecule has 23 heavy (non-hydrogen) atoms. The van der Waals surface area contributed by atoms with E-state index in [-0.39, 0.29) is 0 Å². The van der Waals surface area contributed by atoms with Gasteiger partial charge in [0.15, 0.2) is 0 Å². The van der Waals surface area contributed by atoms with Crippen molar-refractivity contribution in [3.05, 3.63) is 64.4 Å². The summed E-state index contributed by atoms with van der Waals surface area (Å²) < 4.78 is 0.936. The molecule has 3 rings (SSSR count). The monoisotopic (exact) mass is 369 g/mol.